The lowest BCUT2D eigenvalue weighted by Crippen LogP contribution is -2.31. The molecule has 38 heavy (non-hydrogen) atoms. The Morgan fingerprint density at radius 1 is 1.00 bits per heavy atom. The second-order valence-corrected chi connectivity index (χ2v) is 9.91. The molecule has 0 saturated heterocycles. The number of benzene rings is 2. The third-order valence-corrected chi connectivity index (χ3v) is 6.86. The van der Waals surface area contributed by atoms with Crippen molar-refractivity contribution in [3.63, 3.8) is 0 Å². The molecule has 188 valence electrons. The average molecular weight is 567 g/mol. The van der Waals surface area contributed by atoms with Gasteiger partial charge in [-0.15, -0.1) is 0 Å². The zero-order chi connectivity index (χ0) is 26.2. The van der Waals surface area contributed by atoms with Crippen LogP contribution >= 0.6 is 15.9 Å². The van der Waals surface area contributed by atoms with Crippen LogP contribution in [0.4, 0.5) is 11.8 Å². The van der Waals surface area contributed by atoms with E-state index in [9.17, 15) is 4.79 Å². The molecule has 1 unspecified atom stereocenters. The third-order valence-electron chi connectivity index (χ3n) is 6.39. The van der Waals surface area contributed by atoms with Crippen LogP contribution in [0.1, 0.15) is 24.1 Å². The topological polar surface area (TPSA) is 103 Å². The van der Waals surface area contributed by atoms with Gasteiger partial charge in [0.15, 0.2) is 0 Å². The van der Waals surface area contributed by atoms with Gasteiger partial charge in [0.1, 0.15) is 18.2 Å². The van der Waals surface area contributed by atoms with Crippen LogP contribution in [0.2, 0.25) is 0 Å². The predicted octanol–water partition coefficient (Wildman–Crippen LogP) is 5.52. The van der Waals surface area contributed by atoms with Gasteiger partial charge >= 0.3 is 0 Å². The van der Waals surface area contributed by atoms with Crippen molar-refractivity contribution < 1.29 is 4.79 Å². The van der Waals surface area contributed by atoms with Crippen molar-refractivity contribution in [2.24, 2.45) is 0 Å². The number of rotatable bonds is 5. The number of hydrogen-bond acceptors (Lipinski definition) is 6. The third kappa shape index (κ3) is 4.39. The molecule has 1 aliphatic rings. The molecule has 1 amide bonds. The molecule has 1 aliphatic heterocycles. The summed E-state index contributed by atoms with van der Waals surface area (Å²) in [6.45, 7) is 3.91. The predicted molar refractivity (Wildman–Crippen MR) is 149 cm³/mol. The maximum atomic E-state index is 13.8. The molecule has 0 fully saturated rings. The minimum absolute atomic E-state index is 0.293. The fourth-order valence-electron chi connectivity index (χ4n) is 4.54. The molecule has 3 aromatic heterocycles. The first kappa shape index (κ1) is 23.8. The Balaban J connectivity index is 1.52. The van der Waals surface area contributed by atoms with Gasteiger partial charge in [-0.2, -0.15) is 15.2 Å². The van der Waals surface area contributed by atoms with E-state index in [1.165, 1.54) is 6.33 Å². The molecule has 6 rings (SSSR count). The lowest BCUT2D eigenvalue weighted by Gasteiger charge is -2.28. The minimum atomic E-state index is -0.585. The molecule has 5 aromatic rings. The summed E-state index contributed by atoms with van der Waals surface area (Å²) in [7, 11) is 0. The van der Waals surface area contributed by atoms with Crippen LogP contribution in [0, 0.1) is 6.92 Å². The molecule has 10 heteroatoms. The van der Waals surface area contributed by atoms with Gasteiger partial charge in [-0.3, -0.25) is 4.79 Å². The van der Waals surface area contributed by atoms with Crippen LogP contribution < -0.4 is 10.6 Å². The van der Waals surface area contributed by atoms with Crippen molar-refractivity contribution in [3.05, 3.63) is 112 Å². The minimum Gasteiger partial charge on any atom is -0.328 e. The smallest absolute Gasteiger partial charge is 0.257 e. The Morgan fingerprint density at radius 3 is 2.53 bits per heavy atom. The zero-order valence-corrected chi connectivity index (χ0v) is 22.2. The average Bonchev–Trinajstić information content (AvgIpc) is 3.58. The van der Waals surface area contributed by atoms with E-state index < -0.39 is 6.04 Å². The second kappa shape index (κ2) is 9.71. The number of aryl methyl sites for hydroxylation is 1. The number of amides is 1. The SMILES string of the molecule is CC1=C(C(=O)Nc2ccc(Br)cn2)C(c2cn(-c3ccccc3)nc2-c2ccc(C)cc2)n2ncnc2N1. The monoisotopic (exact) mass is 566 g/mol. The number of para-hydroxylation sites is 1. The van der Waals surface area contributed by atoms with E-state index in [-0.39, 0.29) is 5.91 Å². The van der Waals surface area contributed by atoms with Gasteiger partial charge in [-0.05, 0) is 54.0 Å². The van der Waals surface area contributed by atoms with Crippen molar-refractivity contribution in [2.75, 3.05) is 10.6 Å². The van der Waals surface area contributed by atoms with Gasteiger partial charge in [-0.25, -0.2) is 14.3 Å². The summed E-state index contributed by atoms with van der Waals surface area (Å²) in [6.07, 6.45) is 5.08. The summed E-state index contributed by atoms with van der Waals surface area (Å²) in [5.74, 6) is 0.701. The van der Waals surface area contributed by atoms with Crippen LogP contribution in [0.25, 0.3) is 16.9 Å². The van der Waals surface area contributed by atoms with Gasteiger partial charge < -0.3 is 10.6 Å². The lowest BCUT2D eigenvalue weighted by atomic mass is 9.93. The number of hydrogen-bond donors (Lipinski definition) is 2. The first-order chi connectivity index (χ1) is 18.5. The van der Waals surface area contributed by atoms with Gasteiger partial charge in [-0.1, -0.05) is 48.0 Å². The van der Waals surface area contributed by atoms with Gasteiger partial charge in [0, 0.05) is 33.7 Å². The summed E-state index contributed by atoms with van der Waals surface area (Å²) < 4.78 is 4.39. The highest BCUT2D eigenvalue weighted by Gasteiger charge is 2.36. The van der Waals surface area contributed by atoms with Crippen molar-refractivity contribution in [1.29, 1.82) is 0 Å². The van der Waals surface area contributed by atoms with E-state index in [0.29, 0.717) is 23.0 Å². The summed E-state index contributed by atoms with van der Waals surface area (Å²) in [4.78, 5) is 22.5. The first-order valence-electron chi connectivity index (χ1n) is 12.0. The van der Waals surface area contributed by atoms with E-state index in [2.05, 4.69) is 53.8 Å². The zero-order valence-electron chi connectivity index (χ0n) is 20.6. The normalized spacial score (nSPS) is 14.7. The van der Waals surface area contributed by atoms with E-state index in [1.54, 1.807) is 16.9 Å². The molecule has 0 spiro atoms. The quantitative estimate of drug-likeness (QED) is 0.290. The number of anilines is 2. The number of fused-ring (bicyclic) bond motifs is 1. The van der Waals surface area contributed by atoms with Crippen LogP contribution in [0.15, 0.2) is 101 Å². The molecule has 1 atom stereocenters. The van der Waals surface area contributed by atoms with Gasteiger partial charge in [0.05, 0.1) is 17.0 Å². The Labute approximate surface area is 227 Å². The summed E-state index contributed by atoms with van der Waals surface area (Å²) >= 11 is 3.39. The van der Waals surface area contributed by atoms with Crippen molar-refractivity contribution >= 4 is 33.6 Å². The summed E-state index contributed by atoms with van der Waals surface area (Å²) in [5, 5.41) is 15.7. The molecule has 0 radical (unpaired) electrons. The van der Waals surface area contributed by atoms with Gasteiger partial charge in [0.25, 0.3) is 5.91 Å². The highest BCUT2D eigenvalue weighted by Crippen LogP contribution is 2.39. The number of nitrogens with one attached hydrogen (secondary N) is 2. The molecule has 4 heterocycles. The van der Waals surface area contributed by atoms with Crippen molar-refractivity contribution in [3.8, 4) is 16.9 Å². The molecule has 9 nitrogen and oxygen atoms in total. The molecule has 2 aromatic carbocycles. The Bertz CT molecular complexity index is 1650. The maximum Gasteiger partial charge on any atom is 0.257 e. The number of nitrogens with zero attached hydrogens (tertiary/aromatic N) is 6. The molecular formula is C28H23BrN8O. The standard InChI is InChI=1S/C28H23BrN8O/c1-17-8-10-19(11-9-17)25-22(15-36(35-25)21-6-4-3-5-7-21)26-24(18(2)33-28-31-16-32-37(26)28)27(38)34-23-13-12-20(29)14-30-23/h3-16,26H,1-2H3,(H,30,34,38)(H,31,32,33). The largest absolute Gasteiger partial charge is 0.328 e. The molecule has 0 aliphatic carbocycles. The Hall–Kier alpha value is -4.57. The summed E-state index contributed by atoms with van der Waals surface area (Å²) in [6, 6.07) is 21.1. The van der Waals surface area contributed by atoms with Gasteiger partial charge in [0.2, 0.25) is 5.95 Å². The van der Waals surface area contributed by atoms with E-state index in [0.717, 1.165) is 32.5 Å². The van der Waals surface area contributed by atoms with E-state index in [4.69, 9.17) is 5.10 Å². The highest BCUT2D eigenvalue weighted by molar-refractivity contribution is 9.10. The summed E-state index contributed by atoms with van der Waals surface area (Å²) in [5.41, 5.74) is 5.73. The van der Waals surface area contributed by atoms with Crippen molar-refractivity contribution in [1.82, 2.24) is 29.5 Å². The van der Waals surface area contributed by atoms with Crippen molar-refractivity contribution in [2.45, 2.75) is 19.9 Å². The van der Waals surface area contributed by atoms with E-state index >= 15 is 0 Å². The number of carbonyl (C=O) groups is 1. The second-order valence-electron chi connectivity index (χ2n) is 8.99. The number of allylic oxidation sites excluding steroid dienone is 1. The number of aromatic nitrogens is 6. The van der Waals surface area contributed by atoms with Crippen LogP contribution in [-0.4, -0.2) is 35.4 Å². The maximum absolute atomic E-state index is 13.8. The molecule has 2 N–H and O–H groups in total. The van der Waals surface area contributed by atoms with E-state index in [1.807, 2.05) is 73.3 Å². The fraction of sp³-hybridized carbons (Fsp3) is 0.107. The number of halogens is 1. The Kier molecular flexibility index (Phi) is 6.09. The van der Waals surface area contributed by atoms with Crippen LogP contribution in [0.3, 0.4) is 0 Å². The van der Waals surface area contributed by atoms with Crippen LogP contribution in [0.5, 0.6) is 0 Å². The first-order valence-corrected chi connectivity index (χ1v) is 12.8. The number of pyridine rings is 1. The number of carbonyl (C=O) groups excluding carboxylic acids is 1. The lowest BCUT2D eigenvalue weighted by molar-refractivity contribution is -0.113. The molecular weight excluding hydrogens is 544 g/mol. The molecule has 0 saturated carbocycles. The van der Waals surface area contributed by atoms with Crippen LogP contribution in [-0.2, 0) is 4.79 Å². The Morgan fingerprint density at radius 2 is 1.79 bits per heavy atom. The molecule has 0 bridgehead atoms. The highest BCUT2D eigenvalue weighted by atomic mass is 79.9. The fourth-order valence-corrected chi connectivity index (χ4v) is 4.78.